The van der Waals surface area contributed by atoms with Crippen molar-refractivity contribution in [2.24, 2.45) is 0 Å². The molecule has 0 amide bonds. The van der Waals surface area contributed by atoms with E-state index in [0.717, 1.165) is 19.3 Å². The Balaban J connectivity index is 1.80. The molecule has 2 aliphatic carbocycles. The summed E-state index contributed by atoms with van der Waals surface area (Å²) in [5.41, 5.74) is 0. The van der Waals surface area contributed by atoms with Gasteiger partial charge in [-0.05, 0) is 19.3 Å². The Hall–Kier alpha value is -0.670. The van der Waals surface area contributed by atoms with Crippen molar-refractivity contribution in [1.82, 2.24) is 0 Å². The van der Waals surface area contributed by atoms with Crippen LogP contribution >= 0.6 is 0 Å². The first-order chi connectivity index (χ1) is 7.78. The van der Waals surface area contributed by atoms with Crippen LogP contribution in [0.1, 0.15) is 25.7 Å². The molecule has 90 valence electrons. The summed E-state index contributed by atoms with van der Waals surface area (Å²) in [6.07, 6.45) is 10.4. The van der Waals surface area contributed by atoms with Gasteiger partial charge in [0.2, 0.25) is 0 Å². The highest BCUT2D eigenvalue weighted by atomic mass is 19.1. The molecule has 2 aliphatic rings. The van der Waals surface area contributed by atoms with Gasteiger partial charge in [0.25, 0.3) is 0 Å². The van der Waals surface area contributed by atoms with Crippen LogP contribution in [0.2, 0.25) is 0 Å². The van der Waals surface area contributed by atoms with E-state index < -0.39 is 6.17 Å². The maximum absolute atomic E-state index is 13.1. The first-order valence-electron chi connectivity index (χ1n) is 5.95. The van der Waals surface area contributed by atoms with Gasteiger partial charge in [-0.2, -0.15) is 0 Å². The van der Waals surface area contributed by atoms with Gasteiger partial charge >= 0.3 is 0 Å². The molecule has 0 aromatic rings. The highest BCUT2D eigenvalue weighted by molar-refractivity contribution is 5.02. The third-order valence-electron chi connectivity index (χ3n) is 3.18. The Kier molecular flexibility index (Phi) is 4.13. The van der Waals surface area contributed by atoms with Crippen LogP contribution < -0.4 is 0 Å². The molecule has 2 nitrogen and oxygen atoms in total. The molecule has 4 atom stereocenters. The molecule has 0 bridgehead atoms. The Labute approximate surface area is 96.1 Å². The summed E-state index contributed by atoms with van der Waals surface area (Å²) in [7, 11) is 1.72. The van der Waals surface area contributed by atoms with Crippen LogP contribution in [-0.2, 0) is 9.47 Å². The number of ether oxygens (including phenoxy) is 2. The van der Waals surface area contributed by atoms with Gasteiger partial charge in [0.15, 0.2) is 0 Å². The summed E-state index contributed by atoms with van der Waals surface area (Å²) in [5.74, 6) is 0. The molecule has 0 N–H and O–H groups in total. The zero-order chi connectivity index (χ0) is 11.4. The molecule has 0 heterocycles. The van der Waals surface area contributed by atoms with Crippen molar-refractivity contribution in [2.75, 3.05) is 7.11 Å². The SMILES string of the molecule is COC1C=CC(OC2CC=CC(F)C2)CC1. The molecule has 3 heteroatoms. The number of hydrogen-bond donors (Lipinski definition) is 0. The topological polar surface area (TPSA) is 18.5 Å². The van der Waals surface area contributed by atoms with Crippen molar-refractivity contribution in [1.29, 1.82) is 0 Å². The average molecular weight is 226 g/mol. The van der Waals surface area contributed by atoms with Crippen LogP contribution in [0.4, 0.5) is 4.39 Å². The molecule has 0 spiro atoms. The fourth-order valence-corrected chi connectivity index (χ4v) is 2.24. The molecular formula is C13H19FO2. The van der Waals surface area contributed by atoms with Crippen molar-refractivity contribution in [3.63, 3.8) is 0 Å². The van der Waals surface area contributed by atoms with Gasteiger partial charge in [0.05, 0.1) is 18.3 Å². The number of alkyl halides is 1. The summed E-state index contributed by atoms with van der Waals surface area (Å²) in [6.45, 7) is 0. The van der Waals surface area contributed by atoms with E-state index in [1.807, 2.05) is 18.2 Å². The van der Waals surface area contributed by atoms with Gasteiger partial charge in [-0.25, -0.2) is 4.39 Å². The standard InChI is InChI=1S/C13H19FO2/c1-15-11-5-7-12(8-6-11)16-13-4-2-3-10(14)9-13/h2-3,5,7,10-13H,4,6,8-9H2,1H3. The van der Waals surface area contributed by atoms with Crippen LogP contribution in [0.15, 0.2) is 24.3 Å². The van der Waals surface area contributed by atoms with Crippen molar-refractivity contribution in [2.45, 2.75) is 50.2 Å². The summed E-state index contributed by atoms with van der Waals surface area (Å²) >= 11 is 0. The number of halogens is 1. The summed E-state index contributed by atoms with van der Waals surface area (Å²) in [6, 6.07) is 0. The first kappa shape index (κ1) is 11.8. The fraction of sp³-hybridized carbons (Fsp3) is 0.692. The Morgan fingerprint density at radius 3 is 2.50 bits per heavy atom. The minimum absolute atomic E-state index is 0.0359. The fourth-order valence-electron chi connectivity index (χ4n) is 2.24. The molecule has 0 saturated heterocycles. The van der Waals surface area contributed by atoms with E-state index in [-0.39, 0.29) is 18.3 Å². The smallest absolute Gasteiger partial charge is 0.121 e. The Morgan fingerprint density at radius 2 is 1.88 bits per heavy atom. The largest absolute Gasteiger partial charge is 0.377 e. The summed E-state index contributed by atoms with van der Waals surface area (Å²) < 4.78 is 24.2. The summed E-state index contributed by atoms with van der Waals surface area (Å²) in [4.78, 5) is 0. The minimum atomic E-state index is -0.835. The van der Waals surface area contributed by atoms with Gasteiger partial charge in [-0.3, -0.25) is 0 Å². The first-order valence-corrected chi connectivity index (χ1v) is 5.95. The van der Waals surface area contributed by atoms with Gasteiger partial charge in [0, 0.05) is 13.5 Å². The molecule has 2 rings (SSSR count). The molecule has 0 fully saturated rings. The molecule has 0 saturated carbocycles. The van der Waals surface area contributed by atoms with Crippen LogP contribution in [0.25, 0.3) is 0 Å². The number of hydrogen-bond acceptors (Lipinski definition) is 2. The monoisotopic (exact) mass is 226 g/mol. The maximum atomic E-state index is 13.1. The molecule has 4 unspecified atom stereocenters. The Morgan fingerprint density at radius 1 is 1.12 bits per heavy atom. The molecule has 0 radical (unpaired) electrons. The van der Waals surface area contributed by atoms with Crippen LogP contribution in [0.5, 0.6) is 0 Å². The van der Waals surface area contributed by atoms with Gasteiger partial charge in [0.1, 0.15) is 6.17 Å². The van der Waals surface area contributed by atoms with E-state index >= 15 is 0 Å². The second-order valence-corrected chi connectivity index (χ2v) is 4.45. The van der Waals surface area contributed by atoms with E-state index in [1.54, 1.807) is 13.2 Å². The predicted molar refractivity (Wildman–Crippen MR) is 61.1 cm³/mol. The minimum Gasteiger partial charge on any atom is -0.377 e. The molecule has 16 heavy (non-hydrogen) atoms. The number of rotatable bonds is 3. The van der Waals surface area contributed by atoms with Crippen molar-refractivity contribution in [3.8, 4) is 0 Å². The normalized spacial score (nSPS) is 38.9. The highest BCUT2D eigenvalue weighted by Crippen LogP contribution is 2.23. The quantitative estimate of drug-likeness (QED) is 0.689. The number of methoxy groups -OCH3 is 1. The molecular weight excluding hydrogens is 207 g/mol. The third kappa shape index (κ3) is 3.16. The van der Waals surface area contributed by atoms with Gasteiger partial charge in [-0.15, -0.1) is 0 Å². The molecule has 0 aromatic heterocycles. The van der Waals surface area contributed by atoms with Crippen molar-refractivity contribution in [3.05, 3.63) is 24.3 Å². The van der Waals surface area contributed by atoms with E-state index in [1.165, 1.54) is 0 Å². The average Bonchev–Trinajstić information content (AvgIpc) is 2.30. The van der Waals surface area contributed by atoms with Crippen molar-refractivity contribution < 1.29 is 13.9 Å². The summed E-state index contributed by atoms with van der Waals surface area (Å²) in [5, 5.41) is 0. The lowest BCUT2D eigenvalue weighted by molar-refractivity contribution is -0.0161. The predicted octanol–water partition coefficient (Wildman–Crippen LogP) is 2.79. The van der Waals surface area contributed by atoms with Gasteiger partial charge in [-0.1, -0.05) is 24.3 Å². The van der Waals surface area contributed by atoms with E-state index in [2.05, 4.69) is 0 Å². The zero-order valence-electron chi connectivity index (χ0n) is 9.64. The van der Waals surface area contributed by atoms with Crippen LogP contribution in [0.3, 0.4) is 0 Å². The molecule has 0 aliphatic heterocycles. The molecule has 0 aromatic carbocycles. The lowest BCUT2D eigenvalue weighted by Gasteiger charge is -2.28. The highest BCUT2D eigenvalue weighted by Gasteiger charge is 2.22. The van der Waals surface area contributed by atoms with Gasteiger partial charge < -0.3 is 9.47 Å². The third-order valence-corrected chi connectivity index (χ3v) is 3.18. The lowest BCUT2D eigenvalue weighted by Crippen LogP contribution is -2.28. The maximum Gasteiger partial charge on any atom is 0.121 e. The second kappa shape index (κ2) is 5.60. The van der Waals surface area contributed by atoms with E-state index in [4.69, 9.17) is 9.47 Å². The van der Waals surface area contributed by atoms with Crippen LogP contribution in [-0.4, -0.2) is 31.6 Å². The van der Waals surface area contributed by atoms with Crippen LogP contribution in [0, 0.1) is 0 Å². The van der Waals surface area contributed by atoms with E-state index in [0.29, 0.717) is 6.42 Å². The number of allylic oxidation sites excluding steroid dienone is 1. The van der Waals surface area contributed by atoms with E-state index in [9.17, 15) is 4.39 Å². The lowest BCUT2D eigenvalue weighted by atomic mass is 10.00. The zero-order valence-corrected chi connectivity index (χ0v) is 9.64. The second-order valence-electron chi connectivity index (χ2n) is 4.45. The Bertz CT molecular complexity index is 275. The van der Waals surface area contributed by atoms with Crippen molar-refractivity contribution >= 4 is 0 Å².